The predicted octanol–water partition coefficient (Wildman–Crippen LogP) is 8.54. The zero-order valence-corrected chi connectivity index (χ0v) is 46.3. The molecule has 10 atom stereocenters. The number of carbonyl (C=O) groups excluding carboxylic acids is 1. The Morgan fingerprint density at radius 3 is 2.27 bits per heavy atom. The molecule has 1 amide bonds. The van der Waals surface area contributed by atoms with Gasteiger partial charge in [-0.3, -0.25) is 27.7 Å². The molecule has 8 rings (SSSR count). The van der Waals surface area contributed by atoms with Crippen molar-refractivity contribution in [1.82, 2.24) is 34.1 Å². The number of nitrogens with one attached hydrogen (secondary N) is 2. The van der Waals surface area contributed by atoms with E-state index in [2.05, 4.69) is 69.3 Å². The summed E-state index contributed by atoms with van der Waals surface area (Å²) in [5.41, 5.74) is 0.0694. The number of thiol groups is 1. The summed E-state index contributed by atoms with van der Waals surface area (Å²) in [7, 11) is -5.59. The number of anilines is 1. The molecule has 71 heavy (non-hydrogen) atoms. The molecular formula is C43H58FN9O12P2S2Si2. The molecule has 0 spiro atoms. The van der Waals surface area contributed by atoms with Gasteiger partial charge in [0.15, 0.2) is 57.5 Å². The van der Waals surface area contributed by atoms with E-state index in [1.54, 1.807) is 34.9 Å². The van der Waals surface area contributed by atoms with E-state index in [-0.39, 0.29) is 57.7 Å². The summed E-state index contributed by atoms with van der Waals surface area (Å²) < 4.78 is 93.5. The minimum atomic E-state index is -4.54. The molecule has 3 aliphatic heterocycles. The lowest BCUT2D eigenvalue weighted by atomic mass is 10.1. The smallest absolute Gasteiger partial charge is 0.386 e. The molecule has 0 radical (unpaired) electrons. The van der Waals surface area contributed by atoms with Crippen LogP contribution in [0, 0.1) is 17.1 Å². The van der Waals surface area contributed by atoms with E-state index in [9.17, 15) is 19.4 Å². The molecule has 0 saturated carbocycles. The third-order valence-electron chi connectivity index (χ3n) is 13.6. The molecule has 3 aliphatic rings. The van der Waals surface area contributed by atoms with Gasteiger partial charge in [0.1, 0.15) is 48.3 Å². The number of hydrogen-bond donors (Lipinski definition) is 3. The van der Waals surface area contributed by atoms with Crippen LogP contribution in [0.25, 0.3) is 22.2 Å². The third kappa shape index (κ3) is 11.1. The first kappa shape index (κ1) is 53.7. The van der Waals surface area contributed by atoms with Gasteiger partial charge in [-0.25, -0.2) is 28.9 Å². The number of benzene rings is 1. The number of halogens is 1. The quantitative estimate of drug-likeness (QED) is 0.0485. The Morgan fingerprint density at radius 1 is 0.930 bits per heavy atom. The number of hydrogen-bond acceptors (Lipinski definition) is 18. The molecule has 3 saturated heterocycles. The minimum Gasteiger partial charge on any atom is -0.408 e. The van der Waals surface area contributed by atoms with Gasteiger partial charge in [0.2, 0.25) is 0 Å². The first-order valence-electron chi connectivity index (χ1n) is 22.8. The van der Waals surface area contributed by atoms with Crippen LogP contribution in [0.5, 0.6) is 0 Å². The third-order valence-corrected chi connectivity index (χ3v) is 26.5. The lowest BCUT2D eigenvalue weighted by Crippen LogP contribution is -2.50. The number of H-pyrrole nitrogens is 1. The molecule has 0 aliphatic carbocycles. The molecule has 7 heterocycles. The number of rotatable bonds is 11. The molecule has 4 aromatic heterocycles. The lowest BCUT2D eigenvalue weighted by Gasteiger charge is -2.41. The summed E-state index contributed by atoms with van der Waals surface area (Å²) in [4.78, 5) is 46.3. The largest absolute Gasteiger partial charge is 0.408 e. The van der Waals surface area contributed by atoms with E-state index in [4.69, 9.17) is 52.8 Å². The first-order chi connectivity index (χ1) is 33.2. The molecule has 1 aromatic carbocycles. The second-order valence-electron chi connectivity index (χ2n) is 20.4. The summed E-state index contributed by atoms with van der Waals surface area (Å²) in [6, 6.07) is 10.7. The van der Waals surface area contributed by atoms with Gasteiger partial charge in [0.25, 0.3) is 11.5 Å². The summed E-state index contributed by atoms with van der Waals surface area (Å²) in [6.07, 6.45) is -4.63. The molecule has 2 N–H and O–H groups in total. The number of amides is 1. The Balaban J connectivity index is 1.23. The SMILES string of the molecule is CC(C)(C)[Si](C)(C)OC1[C@H]2OP(=O)(S)OC[C@H]3O[C@@H](n4cnc5c(NC(=O)c6ccccc6)ncnc54)C(O[Si](C)(C)C(C)(C)C)[C@@H]3OP(=S)(OCCC#N)OC[C@H]1O[C@H]2n1cc(F)c2c(=O)[nH]cnc21. The van der Waals surface area contributed by atoms with E-state index in [1.807, 2.05) is 47.0 Å². The van der Waals surface area contributed by atoms with Crippen LogP contribution in [0.15, 0.2) is 60.3 Å². The Bertz CT molecular complexity index is 2990. The summed E-state index contributed by atoms with van der Waals surface area (Å²) >= 11 is 10.7. The van der Waals surface area contributed by atoms with Crippen molar-refractivity contribution in [2.75, 3.05) is 25.1 Å². The Hall–Kier alpha value is -3.62. The van der Waals surface area contributed by atoms with Crippen LogP contribution >= 0.6 is 25.8 Å². The average molecular weight is 1090 g/mol. The second kappa shape index (κ2) is 20.2. The zero-order valence-electron chi connectivity index (χ0n) is 40.8. The van der Waals surface area contributed by atoms with Crippen molar-refractivity contribution in [3.05, 3.63) is 77.2 Å². The monoisotopic (exact) mass is 1090 g/mol. The van der Waals surface area contributed by atoms with Crippen LogP contribution in [-0.4, -0.2) is 113 Å². The van der Waals surface area contributed by atoms with E-state index in [0.29, 0.717) is 5.56 Å². The topological polar surface area (TPSA) is 247 Å². The van der Waals surface area contributed by atoms with Gasteiger partial charge in [-0.05, 0) is 60.2 Å². The van der Waals surface area contributed by atoms with Gasteiger partial charge >= 0.3 is 13.5 Å². The van der Waals surface area contributed by atoms with Crippen LogP contribution in [-0.2, 0) is 57.3 Å². The number of carbonyl (C=O) groups is 1. The van der Waals surface area contributed by atoms with Crippen LogP contribution in [0.3, 0.4) is 0 Å². The van der Waals surface area contributed by atoms with Gasteiger partial charge in [0.05, 0.1) is 45.0 Å². The fourth-order valence-corrected chi connectivity index (χ4v) is 13.9. The number of aromatic amines is 1. The highest BCUT2D eigenvalue weighted by Gasteiger charge is 2.57. The highest BCUT2D eigenvalue weighted by molar-refractivity contribution is 8.44. The molecule has 4 unspecified atom stereocenters. The van der Waals surface area contributed by atoms with Gasteiger partial charge in [0, 0.05) is 11.8 Å². The van der Waals surface area contributed by atoms with Crippen molar-refractivity contribution in [3.63, 3.8) is 0 Å². The summed E-state index contributed by atoms with van der Waals surface area (Å²) in [6.45, 7) is 10.7. The molecule has 384 valence electrons. The van der Waals surface area contributed by atoms with Crippen LogP contribution in [0.1, 0.15) is 70.8 Å². The highest BCUT2D eigenvalue weighted by atomic mass is 32.7. The maximum Gasteiger partial charge on any atom is 0.386 e. The maximum atomic E-state index is 15.7. The second-order valence-corrected chi connectivity index (χ2v) is 35.7. The van der Waals surface area contributed by atoms with Crippen molar-refractivity contribution in [3.8, 4) is 6.07 Å². The van der Waals surface area contributed by atoms with Crippen molar-refractivity contribution in [1.29, 1.82) is 5.26 Å². The number of nitrogens with zero attached hydrogens (tertiary/aromatic N) is 7. The van der Waals surface area contributed by atoms with Gasteiger partial charge < -0.3 is 42.2 Å². The fourth-order valence-electron chi connectivity index (χ4n) is 7.78. The number of imidazole rings is 1. The van der Waals surface area contributed by atoms with E-state index >= 15 is 4.39 Å². The van der Waals surface area contributed by atoms with Gasteiger partial charge in [-0.15, -0.1) is 0 Å². The Morgan fingerprint density at radius 2 is 1.59 bits per heavy atom. The van der Waals surface area contributed by atoms with Crippen LogP contribution < -0.4 is 10.9 Å². The van der Waals surface area contributed by atoms with Crippen molar-refractivity contribution in [2.24, 2.45) is 0 Å². The number of fused-ring (bicyclic) bond motifs is 5. The van der Waals surface area contributed by atoms with Crippen molar-refractivity contribution >= 4 is 88.1 Å². The molecule has 3 fully saturated rings. The van der Waals surface area contributed by atoms with Gasteiger partial charge in [-0.2, -0.15) is 5.26 Å². The van der Waals surface area contributed by atoms with Gasteiger partial charge in [-0.1, -0.05) is 72.0 Å². The predicted molar refractivity (Wildman–Crippen MR) is 271 cm³/mol. The van der Waals surface area contributed by atoms with Crippen LogP contribution in [0.4, 0.5) is 10.2 Å². The van der Waals surface area contributed by atoms with E-state index in [1.165, 1.54) is 17.2 Å². The Labute approximate surface area is 422 Å². The molecular weight excluding hydrogens is 1040 g/mol. The molecule has 21 nitrogen and oxygen atoms in total. The highest BCUT2D eigenvalue weighted by Crippen LogP contribution is 2.61. The number of aromatic nitrogens is 7. The standard InChI is InChI=1S/C43H58FN9O12P2S2Si2/c1-42(2,3)70(7,8)64-32-28-21-59-67(69,57-18-14-17-45)63-31-27(20-58-66(56,68)62-33(32)40(61-28)52-19-26(44)29-36(52)47-23-49-39(29)55)60-41(34(31)65-71(9,10)43(4,5)6)53-24-50-30-35(46-22-48-37(30)53)51-38(54)25-15-12-11-13-16-25/h11-13,15-16,19,22-24,27-28,31-34,40-41H,14,18,20-21H2,1-10H3,(H,56,68)(H,47,49,55)(H,46,48,51,54)/t27-,28-,31-,32?,33-,34?,40-,41-,66?,67?/m1/s1. The summed E-state index contributed by atoms with van der Waals surface area (Å²) in [5, 5.41) is 11.4. The van der Waals surface area contributed by atoms with Crippen LogP contribution in [0.2, 0.25) is 36.3 Å². The molecule has 2 bridgehead atoms. The minimum absolute atomic E-state index is 0.0779. The summed E-state index contributed by atoms with van der Waals surface area (Å²) in [5.74, 6) is -1.18. The number of ether oxygens (including phenoxy) is 2. The zero-order chi connectivity index (χ0) is 51.5. The normalized spacial score (nSPS) is 29.0. The first-order valence-corrected chi connectivity index (χ1v) is 33.8. The molecule has 28 heteroatoms. The maximum absolute atomic E-state index is 15.7. The van der Waals surface area contributed by atoms with E-state index in [0.717, 1.165) is 12.5 Å². The number of nitriles is 1. The van der Waals surface area contributed by atoms with Crippen molar-refractivity contribution < 1.29 is 54.7 Å². The molecule has 5 aromatic rings. The average Bonchev–Trinajstić information content (AvgIpc) is 4.04. The van der Waals surface area contributed by atoms with E-state index < -0.39 is 103 Å². The lowest BCUT2D eigenvalue weighted by molar-refractivity contribution is -0.0596. The van der Waals surface area contributed by atoms with Crippen molar-refractivity contribution in [2.45, 2.75) is 133 Å². The fraction of sp³-hybridized carbons (Fsp3) is 0.558. The Kier molecular flexibility index (Phi) is 15.3.